The van der Waals surface area contributed by atoms with E-state index in [1.165, 1.54) is 10.8 Å². The molecule has 0 aliphatic rings. The predicted octanol–water partition coefficient (Wildman–Crippen LogP) is 5.56. The molecule has 0 unspecified atom stereocenters. The van der Waals surface area contributed by atoms with Crippen molar-refractivity contribution < 1.29 is 0 Å². The molecule has 0 bridgehead atoms. The van der Waals surface area contributed by atoms with Gasteiger partial charge in [-0.15, -0.1) is 0 Å². The SMILES string of the molecule is [C-]#[N+]c1cccc(C=Cc2ccc3ccccc3c2)c1. The van der Waals surface area contributed by atoms with Gasteiger partial charge in [0, 0.05) is 0 Å². The molecule has 3 aromatic rings. The summed E-state index contributed by atoms with van der Waals surface area (Å²) in [6.07, 6.45) is 4.12. The fourth-order valence-corrected chi connectivity index (χ4v) is 2.20. The smallest absolute Gasteiger partial charge is 0.187 e. The second kappa shape index (κ2) is 5.42. The Morgan fingerprint density at radius 1 is 0.700 bits per heavy atom. The molecule has 3 rings (SSSR count). The number of hydrogen-bond acceptors (Lipinski definition) is 0. The van der Waals surface area contributed by atoms with Crippen molar-refractivity contribution in [1.29, 1.82) is 0 Å². The molecule has 1 heteroatoms. The van der Waals surface area contributed by atoms with E-state index in [1.807, 2.05) is 36.4 Å². The highest BCUT2D eigenvalue weighted by Crippen LogP contribution is 2.19. The minimum atomic E-state index is 0.672. The minimum Gasteiger partial charge on any atom is -0.238 e. The van der Waals surface area contributed by atoms with Gasteiger partial charge in [-0.3, -0.25) is 0 Å². The van der Waals surface area contributed by atoms with Crippen LogP contribution in [0.25, 0.3) is 27.8 Å². The maximum absolute atomic E-state index is 7.03. The molecule has 0 N–H and O–H groups in total. The molecule has 0 aromatic heterocycles. The van der Waals surface area contributed by atoms with Gasteiger partial charge >= 0.3 is 0 Å². The van der Waals surface area contributed by atoms with E-state index in [1.54, 1.807) is 0 Å². The second-order valence-corrected chi connectivity index (χ2v) is 4.65. The highest BCUT2D eigenvalue weighted by atomic mass is 14.6. The molecule has 3 aromatic carbocycles. The quantitative estimate of drug-likeness (QED) is 0.417. The van der Waals surface area contributed by atoms with E-state index in [0.29, 0.717) is 5.69 Å². The van der Waals surface area contributed by atoms with Crippen LogP contribution in [0, 0.1) is 6.57 Å². The van der Waals surface area contributed by atoms with Gasteiger partial charge in [-0.25, -0.2) is 4.85 Å². The average molecular weight is 255 g/mol. The molecule has 0 radical (unpaired) electrons. The lowest BCUT2D eigenvalue weighted by Crippen LogP contribution is -1.75. The maximum atomic E-state index is 7.03. The van der Waals surface area contributed by atoms with Gasteiger partial charge in [0.15, 0.2) is 5.69 Å². The summed E-state index contributed by atoms with van der Waals surface area (Å²) in [5.41, 5.74) is 2.88. The molecule has 0 saturated carbocycles. The van der Waals surface area contributed by atoms with Gasteiger partial charge < -0.3 is 0 Å². The van der Waals surface area contributed by atoms with Gasteiger partial charge in [-0.2, -0.15) is 0 Å². The van der Waals surface area contributed by atoms with E-state index in [9.17, 15) is 0 Å². The third-order valence-electron chi connectivity index (χ3n) is 3.24. The molecule has 0 atom stereocenters. The Balaban J connectivity index is 1.92. The fourth-order valence-electron chi connectivity index (χ4n) is 2.20. The Bertz CT molecular complexity index is 822. The Morgan fingerprint density at radius 2 is 1.45 bits per heavy atom. The van der Waals surface area contributed by atoms with Crippen LogP contribution >= 0.6 is 0 Å². The van der Waals surface area contributed by atoms with Crippen LogP contribution < -0.4 is 0 Å². The van der Waals surface area contributed by atoms with Gasteiger partial charge in [-0.1, -0.05) is 66.7 Å². The molecule has 0 aliphatic heterocycles. The molecule has 94 valence electrons. The molecule has 1 nitrogen and oxygen atoms in total. The Labute approximate surface area is 118 Å². The van der Waals surface area contributed by atoms with Crippen molar-refractivity contribution in [3.8, 4) is 0 Å². The monoisotopic (exact) mass is 255 g/mol. The number of fused-ring (bicyclic) bond motifs is 1. The molecule has 0 amide bonds. The highest BCUT2D eigenvalue weighted by Gasteiger charge is 1.94. The lowest BCUT2D eigenvalue weighted by atomic mass is 10.1. The summed E-state index contributed by atoms with van der Waals surface area (Å²) in [5, 5.41) is 2.49. The van der Waals surface area contributed by atoms with E-state index < -0.39 is 0 Å². The third-order valence-corrected chi connectivity index (χ3v) is 3.24. The first kappa shape index (κ1) is 12.2. The van der Waals surface area contributed by atoms with Gasteiger partial charge in [-0.05, 0) is 34.0 Å². The number of rotatable bonds is 2. The van der Waals surface area contributed by atoms with Crippen molar-refractivity contribution in [2.45, 2.75) is 0 Å². The molecule has 20 heavy (non-hydrogen) atoms. The van der Waals surface area contributed by atoms with Gasteiger partial charge in [0.2, 0.25) is 0 Å². The van der Waals surface area contributed by atoms with Crippen molar-refractivity contribution in [3.63, 3.8) is 0 Å². The van der Waals surface area contributed by atoms with Crippen molar-refractivity contribution in [2.75, 3.05) is 0 Å². The van der Waals surface area contributed by atoms with Crippen LogP contribution in [0.3, 0.4) is 0 Å². The molecule has 0 heterocycles. The van der Waals surface area contributed by atoms with Crippen molar-refractivity contribution in [2.24, 2.45) is 0 Å². The Morgan fingerprint density at radius 3 is 2.25 bits per heavy atom. The summed E-state index contributed by atoms with van der Waals surface area (Å²) in [6.45, 7) is 7.03. The van der Waals surface area contributed by atoms with Gasteiger partial charge in [0.1, 0.15) is 0 Å². The van der Waals surface area contributed by atoms with E-state index in [0.717, 1.165) is 11.1 Å². The van der Waals surface area contributed by atoms with E-state index in [4.69, 9.17) is 6.57 Å². The first-order valence-corrected chi connectivity index (χ1v) is 6.49. The standard InChI is InChI=1S/C19H13N/c1-20-19-8-4-5-15(14-19)9-10-16-11-12-17-6-2-3-7-18(17)13-16/h2-14H. The maximum Gasteiger partial charge on any atom is 0.187 e. The topological polar surface area (TPSA) is 4.36 Å². The van der Waals surface area contributed by atoms with Crippen LogP contribution in [0.1, 0.15) is 11.1 Å². The molecular formula is C19H13N. The summed E-state index contributed by atoms with van der Waals surface area (Å²) < 4.78 is 0. The molecule has 0 spiro atoms. The normalized spacial score (nSPS) is 10.8. The summed E-state index contributed by atoms with van der Waals surface area (Å²) in [4.78, 5) is 3.44. The molecule has 0 saturated heterocycles. The molecule has 0 fully saturated rings. The van der Waals surface area contributed by atoms with E-state index >= 15 is 0 Å². The van der Waals surface area contributed by atoms with Crippen molar-refractivity contribution in [1.82, 2.24) is 0 Å². The first-order chi connectivity index (χ1) is 9.85. The van der Waals surface area contributed by atoms with E-state index in [-0.39, 0.29) is 0 Å². The van der Waals surface area contributed by atoms with Crippen molar-refractivity contribution in [3.05, 3.63) is 89.3 Å². The largest absolute Gasteiger partial charge is 0.238 e. The van der Waals surface area contributed by atoms with E-state index in [2.05, 4.69) is 47.3 Å². The summed E-state index contributed by atoms with van der Waals surface area (Å²) in [6, 6.07) is 22.4. The Hall–Kier alpha value is -2.85. The number of benzene rings is 3. The van der Waals surface area contributed by atoms with Crippen LogP contribution in [0.5, 0.6) is 0 Å². The molecule has 0 aliphatic carbocycles. The zero-order valence-corrected chi connectivity index (χ0v) is 11.0. The first-order valence-electron chi connectivity index (χ1n) is 6.49. The Kier molecular flexibility index (Phi) is 3.31. The highest BCUT2D eigenvalue weighted by molar-refractivity contribution is 5.86. The fraction of sp³-hybridized carbons (Fsp3) is 0. The minimum absolute atomic E-state index is 0.672. The van der Waals surface area contributed by atoms with Gasteiger partial charge in [0.25, 0.3) is 0 Å². The van der Waals surface area contributed by atoms with Crippen LogP contribution in [0.4, 0.5) is 5.69 Å². The van der Waals surface area contributed by atoms with Crippen molar-refractivity contribution >= 4 is 28.6 Å². The lowest BCUT2D eigenvalue weighted by Gasteiger charge is -1.99. The zero-order valence-electron chi connectivity index (χ0n) is 11.0. The molecular weight excluding hydrogens is 242 g/mol. The number of hydrogen-bond donors (Lipinski definition) is 0. The van der Waals surface area contributed by atoms with Crippen LogP contribution in [-0.4, -0.2) is 0 Å². The summed E-state index contributed by atoms with van der Waals surface area (Å²) >= 11 is 0. The van der Waals surface area contributed by atoms with Crippen LogP contribution in [-0.2, 0) is 0 Å². The summed E-state index contributed by atoms with van der Waals surface area (Å²) in [7, 11) is 0. The zero-order chi connectivity index (χ0) is 13.8. The predicted molar refractivity (Wildman–Crippen MR) is 85.6 cm³/mol. The van der Waals surface area contributed by atoms with Crippen LogP contribution in [0.15, 0.2) is 66.7 Å². The van der Waals surface area contributed by atoms with Gasteiger partial charge in [0.05, 0.1) is 6.57 Å². The van der Waals surface area contributed by atoms with Crippen LogP contribution in [0.2, 0.25) is 0 Å². The number of nitrogens with zero attached hydrogens (tertiary/aromatic N) is 1. The second-order valence-electron chi connectivity index (χ2n) is 4.65. The average Bonchev–Trinajstić information content (AvgIpc) is 2.53. The lowest BCUT2D eigenvalue weighted by molar-refractivity contribution is 1.66. The summed E-state index contributed by atoms with van der Waals surface area (Å²) in [5.74, 6) is 0. The third kappa shape index (κ3) is 2.60.